The Bertz CT molecular complexity index is 1110. The summed E-state index contributed by atoms with van der Waals surface area (Å²) < 4.78 is 0.830. The highest BCUT2D eigenvalue weighted by atomic mass is 79.9. The summed E-state index contributed by atoms with van der Waals surface area (Å²) in [6.07, 6.45) is 1.60. The first-order chi connectivity index (χ1) is 15.5. The molecule has 0 atom stereocenters. The summed E-state index contributed by atoms with van der Waals surface area (Å²) in [6.45, 7) is 6.87. The van der Waals surface area contributed by atoms with Gasteiger partial charge in [-0.1, -0.05) is 42.8 Å². The van der Waals surface area contributed by atoms with Crippen molar-refractivity contribution in [2.75, 3.05) is 31.1 Å². The van der Waals surface area contributed by atoms with Gasteiger partial charge in [0.2, 0.25) is 0 Å². The lowest BCUT2D eigenvalue weighted by Gasteiger charge is -2.36. The summed E-state index contributed by atoms with van der Waals surface area (Å²) in [5.74, 6) is 1.83. The van der Waals surface area contributed by atoms with E-state index in [2.05, 4.69) is 39.9 Å². The number of anilines is 1. The molecule has 1 aromatic heterocycles. The Morgan fingerprint density at radius 1 is 1.03 bits per heavy atom. The molecule has 166 valence electrons. The minimum absolute atomic E-state index is 0.0617. The average Bonchev–Trinajstić information content (AvgIpc) is 2.81. The van der Waals surface area contributed by atoms with Gasteiger partial charge in [0.25, 0.3) is 5.91 Å². The molecule has 4 rings (SSSR count). The molecule has 0 N–H and O–H groups in total. The van der Waals surface area contributed by atoms with Crippen molar-refractivity contribution in [2.45, 2.75) is 26.7 Å². The van der Waals surface area contributed by atoms with Crippen molar-refractivity contribution in [1.29, 1.82) is 0 Å². The minimum Gasteiger partial charge on any atom is -0.353 e. The van der Waals surface area contributed by atoms with Crippen LogP contribution in [0.2, 0.25) is 5.02 Å². The zero-order chi connectivity index (χ0) is 22.7. The fourth-order valence-corrected chi connectivity index (χ4v) is 4.69. The Labute approximate surface area is 202 Å². The molecule has 1 amide bonds. The topological polar surface area (TPSA) is 49.3 Å². The third-order valence-corrected chi connectivity index (χ3v) is 6.73. The van der Waals surface area contributed by atoms with Gasteiger partial charge in [0.15, 0.2) is 0 Å². The summed E-state index contributed by atoms with van der Waals surface area (Å²) in [5, 5.41) is 0.732. The van der Waals surface area contributed by atoms with E-state index < -0.39 is 0 Å². The number of carbonyl (C=O) groups excluding carboxylic acids is 1. The van der Waals surface area contributed by atoms with Gasteiger partial charge in [-0.05, 0) is 59.1 Å². The number of aromatic nitrogens is 2. The molecule has 1 fully saturated rings. The van der Waals surface area contributed by atoms with E-state index in [9.17, 15) is 4.79 Å². The van der Waals surface area contributed by atoms with Gasteiger partial charge < -0.3 is 9.80 Å². The summed E-state index contributed by atoms with van der Waals surface area (Å²) in [4.78, 5) is 26.8. The molecule has 7 heteroatoms. The lowest BCUT2D eigenvalue weighted by Crippen LogP contribution is -2.49. The number of hydrogen-bond donors (Lipinski definition) is 0. The number of hydrogen-bond acceptors (Lipinski definition) is 4. The fraction of sp³-hybridized carbons (Fsp3) is 0.320. The molecular weight excluding hydrogens is 488 g/mol. The maximum absolute atomic E-state index is 13.0. The van der Waals surface area contributed by atoms with Crippen LogP contribution >= 0.6 is 27.5 Å². The highest BCUT2D eigenvalue weighted by Gasteiger charge is 2.26. The summed E-state index contributed by atoms with van der Waals surface area (Å²) in [5.41, 5.74) is 4.12. The van der Waals surface area contributed by atoms with Crippen LogP contribution in [0, 0.1) is 6.92 Å². The number of piperazine rings is 1. The van der Waals surface area contributed by atoms with Crippen molar-refractivity contribution in [1.82, 2.24) is 14.9 Å². The highest BCUT2D eigenvalue weighted by molar-refractivity contribution is 9.10. The molecule has 32 heavy (non-hydrogen) atoms. The van der Waals surface area contributed by atoms with E-state index in [-0.39, 0.29) is 5.91 Å². The van der Waals surface area contributed by atoms with Crippen molar-refractivity contribution < 1.29 is 4.79 Å². The molecule has 0 bridgehead atoms. The fourth-order valence-electron chi connectivity index (χ4n) is 4.11. The zero-order valence-electron chi connectivity index (χ0n) is 18.3. The maximum Gasteiger partial charge on any atom is 0.255 e. The Morgan fingerprint density at radius 3 is 2.38 bits per heavy atom. The summed E-state index contributed by atoms with van der Waals surface area (Å²) >= 11 is 9.57. The zero-order valence-corrected chi connectivity index (χ0v) is 20.7. The molecule has 2 aromatic carbocycles. The van der Waals surface area contributed by atoms with Crippen molar-refractivity contribution in [3.63, 3.8) is 0 Å². The SMILES string of the molecule is CCc1nc(C)nc(N2CCN(C(=O)c3ccccc3Br)CC2)c1Cc1ccc(Cl)cc1. The number of carbonyl (C=O) groups is 1. The van der Waals surface area contributed by atoms with Gasteiger partial charge >= 0.3 is 0 Å². The van der Waals surface area contributed by atoms with Gasteiger partial charge in [-0.15, -0.1) is 0 Å². The Morgan fingerprint density at radius 2 is 1.72 bits per heavy atom. The van der Waals surface area contributed by atoms with Crippen LogP contribution in [-0.4, -0.2) is 47.0 Å². The smallest absolute Gasteiger partial charge is 0.255 e. The Kier molecular flexibility index (Phi) is 7.11. The predicted octanol–water partition coefficient (Wildman–Crippen LogP) is 5.32. The second kappa shape index (κ2) is 10.0. The van der Waals surface area contributed by atoms with Crippen LogP contribution < -0.4 is 4.90 Å². The van der Waals surface area contributed by atoms with Crippen molar-refractivity contribution in [2.24, 2.45) is 0 Å². The lowest BCUT2D eigenvalue weighted by molar-refractivity contribution is 0.0745. The molecular formula is C25H26BrClN4O. The summed E-state index contributed by atoms with van der Waals surface area (Å²) in [7, 11) is 0. The molecule has 1 aliphatic heterocycles. The van der Waals surface area contributed by atoms with Crippen LogP contribution in [0.5, 0.6) is 0 Å². The van der Waals surface area contributed by atoms with Crippen LogP contribution in [0.4, 0.5) is 5.82 Å². The number of benzene rings is 2. The molecule has 1 aliphatic rings. The number of nitrogens with zero attached hydrogens (tertiary/aromatic N) is 4. The van der Waals surface area contributed by atoms with E-state index in [0.717, 1.165) is 58.3 Å². The second-order valence-corrected chi connectivity index (χ2v) is 9.23. The first-order valence-corrected chi connectivity index (χ1v) is 12.0. The predicted molar refractivity (Wildman–Crippen MR) is 133 cm³/mol. The average molecular weight is 514 g/mol. The van der Waals surface area contributed by atoms with E-state index in [1.54, 1.807) is 0 Å². The second-order valence-electron chi connectivity index (χ2n) is 7.94. The van der Waals surface area contributed by atoms with Gasteiger partial charge in [-0.25, -0.2) is 9.97 Å². The van der Waals surface area contributed by atoms with Crippen LogP contribution in [-0.2, 0) is 12.8 Å². The van der Waals surface area contributed by atoms with Gasteiger partial charge in [0, 0.05) is 53.4 Å². The van der Waals surface area contributed by atoms with E-state index in [0.29, 0.717) is 18.7 Å². The molecule has 0 spiro atoms. The first kappa shape index (κ1) is 22.7. The molecule has 1 saturated heterocycles. The van der Waals surface area contributed by atoms with E-state index in [4.69, 9.17) is 21.6 Å². The number of rotatable bonds is 5. The van der Waals surface area contributed by atoms with Crippen molar-refractivity contribution in [3.05, 3.63) is 86.2 Å². The van der Waals surface area contributed by atoms with Gasteiger partial charge in [0.1, 0.15) is 11.6 Å². The molecule has 0 radical (unpaired) electrons. The number of halogens is 2. The number of aryl methyl sites for hydroxylation is 2. The largest absolute Gasteiger partial charge is 0.353 e. The lowest BCUT2D eigenvalue weighted by atomic mass is 10.0. The maximum atomic E-state index is 13.0. The summed E-state index contributed by atoms with van der Waals surface area (Å²) in [6, 6.07) is 15.5. The van der Waals surface area contributed by atoms with Gasteiger partial charge in [0.05, 0.1) is 5.56 Å². The quantitative estimate of drug-likeness (QED) is 0.463. The van der Waals surface area contributed by atoms with Crippen molar-refractivity contribution >= 4 is 39.3 Å². The van der Waals surface area contributed by atoms with Crippen LogP contribution in [0.3, 0.4) is 0 Å². The molecule has 2 heterocycles. The van der Waals surface area contributed by atoms with Crippen LogP contribution in [0.25, 0.3) is 0 Å². The molecule has 0 saturated carbocycles. The molecule has 3 aromatic rings. The van der Waals surface area contributed by atoms with E-state index in [1.165, 1.54) is 5.56 Å². The minimum atomic E-state index is 0.0617. The van der Waals surface area contributed by atoms with E-state index in [1.807, 2.05) is 48.2 Å². The third-order valence-electron chi connectivity index (χ3n) is 5.78. The Balaban J connectivity index is 1.56. The third kappa shape index (κ3) is 4.97. The highest BCUT2D eigenvalue weighted by Crippen LogP contribution is 2.27. The molecule has 0 unspecified atom stereocenters. The Hall–Kier alpha value is -2.44. The molecule has 0 aliphatic carbocycles. The monoisotopic (exact) mass is 512 g/mol. The first-order valence-electron chi connectivity index (χ1n) is 10.9. The number of amides is 1. The van der Waals surface area contributed by atoms with E-state index >= 15 is 0 Å². The van der Waals surface area contributed by atoms with Crippen molar-refractivity contribution in [3.8, 4) is 0 Å². The van der Waals surface area contributed by atoms with Crippen LogP contribution in [0.15, 0.2) is 53.0 Å². The van der Waals surface area contributed by atoms with Gasteiger partial charge in [-0.2, -0.15) is 0 Å². The standard InChI is InChI=1S/C25H26BrClN4O/c1-3-23-21(16-18-8-10-19(27)11-9-18)24(29-17(2)28-23)30-12-14-31(15-13-30)25(32)20-6-4-5-7-22(20)26/h4-11H,3,12-16H2,1-2H3. The normalized spacial score (nSPS) is 14.0. The van der Waals surface area contributed by atoms with Crippen LogP contribution in [0.1, 0.15) is 39.9 Å². The molecule has 5 nitrogen and oxygen atoms in total. The van der Waals surface area contributed by atoms with Gasteiger partial charge in [-0.3, -0.25) is 4.79 Å².